The number of nitrogens with one attached hydrogen (secondary N) is 1. The van der Waals surface area contributed by atoms with Crippen LogP contribution in [-0.2, 0) is 0 Å². The van der Waals surface area contributed by atoms with Crippen molar-refractivity contribution in [1.29, 1.82) is 0 Å². The second kappa shape index (κ2) is 7.94. The predicted octanol–water partition coefficient (Wildman–Crippen LogP) is 1.91. The molecule has 1 fully saturated rings. The molecule has 0 amide bonds. The highest BCUT2D eigenvalue weighted by atomic mass is 127. The average Bonchev–Trinajstić information content (AvgIpc) is 2.85. The van der Waals surface area contributed by atoms with Crippen molar-refractivity contribution < 1.29 is 9.84 Å². The summed E-state index contributed by atoms with van der Waals surface area (Å²) in [4.78, 5) is 4.21. The van der Waals surface area contributed by atoms with Crippen LogP contribution in [0.3, 0.4) is 0 Å². The van der Waals surface area contributed by atoms with E-state index in [1.165, 1.54) is 0 Å². The number of hydrogen-bond acceptors (Lipinski definition) is 4. The molecule has 112 valence electrons. The van der Waals surface area contributed by atoms with Gasteiger partial charge in [-0.2, -0.15) is 11.8 Å². The Morgan fingerprint density at radius 3 is 2.95 bits per heavy atom. The quantitative estimate of drug-likeness (QED) is 0.402. The Hall–Kier alpha value is -0.670. The van der Waals surface area contributed by atoms with Crippen LogP contribution in [0.2, 0.25) is 0 Å². The highest BCUT2D eigenvalue weighted by Gasteiger charge is 2.31. The molecule has 1 heterocycles. The number of benzene rings is 1. The molecule has 1 saturated heterocycles. The number of ether oxygens (including phenoxy) is 1. The molecule has 0 aliphatic carbocycles. The summed E-state index contributed by atoms with van der Waals surface area (Å²) in [5.74, 6) is 2.69. The van der Waals surface area contributed by atoms with Crippen LogP contribution in [0.1, 0.15) is 6.42 Å². The van der Waals surface area contributed by atoms with Crippen molar-refractivity contribution in [3.05, 3.63) is 24.3 Å². The third-order valence-corrected chi connectivity index (χ3v) is 4.23. The molecule has 0 saturated carbocycles. The molecule has 1 unspecified atom stereocenters. The lowest BCUT2D eigenvalue weighted by molar-refractivity contribution is 0.0780. The van der Waals surface area contributed by atoms with Gasteiger partial charge >= 0.3 is 0 Å². The van der Waals surface area contributed by atoms with Crippen molar-refractivity contribution in [1.82, 2.24) is 0 Å². The summed E-state index contributed by atoms with van der Waals surface area (Å²) in [6.45, 7) is 0.327. The van der Waals surface area contributed by atoms with Gasteiger partial charge in [0.1, 0.15) is 5.75 Å². The number of nitrogens with zero attached hydrogens (tertiary/aromatic N) is 1. The van der Waals surface area contributed by atoms with Crippen molar-refractivity contribution in [3.8, 4) is 5.75 Å². The topological polar surface area (TPSA) is 79.9 Å². The van der Waals surface area contributed by atoms with E-state index >= 15 is 0 Å². The van der Waals surface area contributed by atoms with Gasteiger partial charge in [-0.15, -0.1) is 24.0 Å². The second-order valence-corrected chi connectivity index (χ2v) is 5.66. The molecule has 1 atom stereocenters. The van der Waals surface area contributed by atoms with E-state index in [0.717, 1.165) is 23.6 Å². The zero-order valence-corrected chi connectivity index (χ0v) is 14.5. The van der Waals surface area contributed by atoms with Crippen LogP contribution in [0.4, 0.5) is 5.69 Å². The molecule has 5 nitrogen and oxygen atoms in total. The third kappa shape index (κ3) is 4.71. The van der Waals surface area contributed by atoms with Crippen LogP contribution < -0.4 is 15.8 Å². The van der Waals surface area contributed by atoms with Gasteiger partial charge in [0.15, 0.2) is 5.96 Å². The molecule has 1 aliphatic rings. The SMILES string of the molecule is COc1ccccc1NC(N)=NCC1(O)CCSC1.I. The molecule has 0 bridgehead atoms. The van der Waals surface area contributed by atoms with Crippen LogP contribution in [0.5, 0.6) is 5.75 Å². The van der Waals surface area contributed by atoms with E-state index in [0.29, 0.717) is 12.3 Å². The Bertz CT molecular complexity index is 465. The lowest BCUT2D eigenvalue weighted by Crippen LogP contribution is -2.34. The molecular weight excluding hydrogens is 389 g/mol. The maximum atomic E-state index is 10.2. The van der Waals surface area contributed by atoms with Gasteiger partial charge in [0, 0.05) is 5.75 Å². The van der Waals surface area contributed by atoms with E-state index in [2.05, 4.69) is 10.3 Å². The van der Waals surface area contributed by atoms with E-state index < -0.39 is 5.60 Å². The Balaban J connectivity index is 0.00000200. The molecule has 20 heavy (non-hydrogen) atoms. The fraction of sp³-hybridized carbons (Fsp3) is 0.462. The molecule has 0 spiro atoms. The van der Waals surface area contributed by atoms with Crippen molar-refractivity contribution in [2.24, 2.45) is 10.7 Å². The van der Waals surface area contributed by atoms with E-state index in [1.807, 2.05) is 24.3 Å². The molecule has 1 aliphatic heterocycles. The summed E-state index contributed by atoms with van der Waals surface area (Å²) in [7, 11) is 1.60. The Labute approximate surface area is 140 Å². The highest BCUT2D eigenvalue weighted by molar-refractivity contribution is 14.0. The molecule has 0 radical (unpaired) electrons. The molecule has 4 N–H and O–H groups in total. The smallest absolute Gasteiger partial charge is 0.193 e. The predicted molar refractivity (Wildman–Crippen MR) is 95.4 cm³/mol. The van der Waals surface area contributed by atoms with Crippen LogP contribution in [-0.4, -0.2) is 41.8 Å². The summed E-state index contributed by atoms with van der Waals surface area (Å²) in [6, 6.07) is 7.48. The minimum Gasteiger partial charge on any atom is -0.495 e. The molecule has 7 heteroatoms. The van der Waals surface area contributed by atoms with Gasteiger partial charge in [0.2, 0.25) is 0 Å². The summed E-state index contributed by atoms with van der Waals surface area (Å²) < 4.78 is 5.22. The highest BCUT2D eigenvalue weighted by Crippen LogP contribution is 2.28. The first-order valence-electron chi connectivity index (χ1n) is 6.13. The number of thioether (sulfide) groups is 1. The number of aliphatic imine (C=N–C) groups is 1. The van der Waals surface area contributed by atoms with E-state index in [1.54, 1.807) is 18.9 Å². The zero-order valence-electron chi connectivity index (χ0n) is 11.3. The first-order valence-corrected chi connectivity index (χ1v) is 7.28. The minimum atomic E-state index is -0.711. The third-order valence-electron chi connectivity index (χ3n) is 3.00. The van der Waals surface area contributed by atoms with Gasteiger partial charge in [-0.3, -0.25) is 4.99 Å². The van der Waals surface area contributed by atoms with Crippen LogP contribution in [0.25, 0.3) is 0 Å². The number of para-hydroxylation sites is 2. The largest absolute Gasteiger partial charge is 0.495 e. The maximum Gasteiger partial charge on any atom is 0.193 e. The van der Waals surface area contributed by atoms with E-state index in [9.17, 15) is 5.11 Å². The number of anilines is 1. The lowest BCUT2D eigenvalue weighted by atomic mass is 10.1. The Morgan fingerprint density at radius 2 is 2.30 bits per heavy atom. The zero-order chi connectivity index (χ0) is 13.7. The molecule has 1 aromatic carbocycles. The van der Waals surface area contributed by atoms with Crippen LogP contribution >= 0.6 is 35.7 Å². The number of halogens is 1. The van der Waals surface area contributed by atoms with Crippen molar-refractivity contribution in [2.75, 3.05) is 30.5 Å². The molecular formula is C13H20IN3O2S. The first kappa shape index (κ1) is 17.4. The van der Waals surface area contributed by atoms with Crippen molar-refractivity contribution in [2.45, 2.75) is 12.0 Å². The summed E-state index contributed by atoms with van der Waals surface area (Å²) in [6.07, 6.45) is 0.767. The van der Waals surface area contributed by atoms with E-state index in [4.69, 9.17) is 10.5 Å². The number of hydrogen-bond donors (Lipinski definition) is 3. The molecule has 1 aromatic rings. The Morgan fingerprint density at radius 1 is 1.55 bits per heavy atom. The van der Waals surface area contributed by atoms with Gasteiger partial charge in [-0.25, -0.2) is 0 Å². The number of aliphatic hydroxyl groups is 1. The van der Waals surface area contributed by atoms with Crippen molar-refractivity contribution >= 4 is 47.4 Å². The minimum absolute atomic E-state index is 0. The second-order valence-electron chi connectivity index (χ2n) is 4.55. The first-order chi connectivity index (χ1) is 9.13. The molecule has 2 rings (SSSR count). The maximum absolute atomic E-state index is 10.2. The van der Waals surface area contributed by atoms with Gasteiger partial charge in [0.05, 0.1) is 24.9 Å². The number of rotatable bonds is 4. The van der Waals surface area contributed by atoms with Gasteiger partial charge in [0.25, 0.3) is 0 Å². The standard InChI is InChI=1S/C13H19N3O2S.HI/c1-18-11-5-3-2-4-10(11)16-12(14)15-8-13(17)6-7-19-9-13;/h2-5,17H,6-9H2,1H3,(H3,14,15,16);1H. The number of methoxy groups -OCH3 is 1. The summed E-state index contributed by atoms with van der Waals surface area (Å²) in [5.41, 5.74) is 5.88. The molecule has 0 aromatic heterocycles. The Kier molecular flexibility index (Phi) is 6.90. The van der Waals surface area contributed by atoms with Crippen molar-refractivity contribution in [3.63, 3.8) is 0 Å². The monoisotopic (exact) mass is 409 g/mol. The number of nitrogens with two attached hydrogens (primary N) is 1. The number of guanidine groups is 1. The average molecular weight is 409 g/mol. The normalized spacial score (nSPS) is 22.2. The summed E-state index contributed by atoms with van der Waals surface area (Å²) >= 11 is 1.74. The van der Waals surface area contributed by atoms with Gasteiger partial charge < -0.3 is 20.9 Å². The fourth-order valence-electron chi connectivity index (χ4n) is 1.88. The fourth-order valence-corrected chi connectivity index (χ4v) is 3.16. The van der Waals surface area contributed by atoms with Crippen LogP contribution in [0.15, 0.2) is 29.3 Å². The van der Waals surface area contributed by atoms with Crippen LogP contribution in [0, 0.1) is 0 Å². The van der Waals surface area contributed by atoms with Gasteiger partial charge in [-0.05, 0) is 24.3 Å². The summed E-state index contributed by atoms with van der Waals surface area (Å²) in [5, 5.41) is 13.2. The van der Waals surface area contributed by atoms with E-state index in [-0.39, 0.29) is 29.9 Å². The van der Waals surface area contributed by atoms with Gasteiger partial charge in [-0.1, -0.05) is 12.1 Å². The lowest BCUT2D eigenvalue weighted by Gasteiger charge is -2.18.